The van der Waals surface area contributed by atoms with E-state index in [9.17, 15) is 4.39 Å². The first-order valence-corrected chi connectivity index (χ1v) is 13.3. The van der Waals surface area contributed by atoms with Gasteiger partial charge in [0.1, 0.15) is 0 Å². The van der Waals surface area contributed by atoms with Crippen LogP contribution in [0.4, 0.5) is 4.39 Å². The topological polar surface area (TPSA) is 25.8 Å². The SMILES string of the molecule is CCCCCCCCc1ncc(-c2ccc(C3CCC(CCCCC)CC3)cc2)nc1F. The van der Waals surface area contributed by atoms with Crippen LogP contribution in [-0.2, 0) is 6.42 Å². The second-order valence-electron chi connectivity index (χ2n) is 9.85. The summed E-state index contributed by atoms with van der Waals surface area (Å²) in [5, 5.41) is 0. The molecule has 176 valence electrons. The summed E-state index contributed by atoms with van der Waals surface area (Å²) in [6.07, 6.45) is 20.5. The van der Waals surface area contributed by atoms with Gasteiger partial charge in [-0.2, -0.15) is 4.39 Å². The van der Waals surface area contributed by atoms with Crippen LogP contribution in [0.5, 0.6) is 0 Å². The molecule has 0 aliphatic heterocycles. The van der Waals surface area contributed by atoms with E-state index in [1.807, 2.05) is 0 Å². The molecule has 0 atom stereocenters. The molecule has 0 N–H and O–H groups in total. The molecule has 1 saturated carbocycles. The lowest BCUT2D eigenvalue weighted by molar-refractivity contribution is 0.303. The molecule has 1 aliphatic carbocycles. The molecule has 0 spiro atoms. The Morgan fingerprint density at radius 3 is 2.16 bits per heavy atom. The van der Waals surface area contributed by atoms with E-state index < -0.39 is 5.95 Å². The van der Waals surface area contributed by atoms with Crippen molar-refractivity contribution in [2.75, 3.05) is 0 Å². The van der Waals surface area contributed by atoms with Crippen LogP contribution in [0.15, 0.2) is 30.5 Å². The summed E-state index contributed by atoms with van der Waals surface area (Å²) >= 11 is 0. The first-order chi connectivity index (χ1) is 15.7. The van der Waals surface area contributed by atoms with E-state index >= 15 is 0 Å². The predicted molar refractivity (Wildman–Crippen MR) is 133 cm³/mol. The minimum Gasteiger partial charge on any atom is -0.254 e. The van der Waals surface area contributed by atoms with E-state index in [1.165, 1.54) is 82.6 Å². The number of benzene rings is 1. The lowest BCUT2D eigenvalue weighted by Gasteiger charge is -2.29. The summed E-state index contributed by atoms with van der Waals surface area (Å²) in [5.74, 6) is 1.21. The summed E-state index contributed by atoms with van der Waals surface area (Å²) in [5.41, 5.74) is 3.53. The molecular formula is C29H43FN2. The zero-order chi connectivity index (χ0) is 22.6. The first-order valence-electron chi connectivity index (χ1n) is 13.3. The molecule has 32 heavy (non-hydrogen) atoms. The molecule has 1 aliphatic rings. The number of hydrogen-bond donors (Lipinski definition) is 0. The molecule has 2 nitrogen and oxygen atoms in total. The van der Waals surface area contributed by atoms with Crippen LogP contribution in [0.3, 0.4) is 0 Å². The number of aromatic nitrogens is 2. The van der Waals surface area contributed by atoms with Gasteiger partial charge in [0, 0.05) is 5.56 Å². The highest BCUT2D eigenvalue weighted by Crippen LogP contribution is 2.38. The van der Waals surface area contributed by atoms with E-state index in [4.69, 9.17) is 0 Å². The third-order valence-electron chi connectivity index (χ3n) is 7.31. The quantitative estimate of drug-likeness (QED) is 0.291. The van der Waals surface area contributed by atoms with Gasteiger partial charge in [-0.1, -0.05) is 95.9 Å². The Kier molecular flexibility index (Phi) is 10.6. The molecule has 0 bridgehead atoms. The fourth-order valence-corrected chi connectivity index (χ4v) is 5.16. The lowest BCUT2D eigenvalue weighted by atomic mass is 9.77. The van der Waals surface area contributed by atoms with Crippen molar-refractivity contribution >= 4 is 0 Å². The van der Waals surface area contributed by atoms with Crippen LogP contribution in [0.1, 0.15) is 121 Å². The maximum absolute atomic E-state index is 14.5. The highest BCUT2D eigenvalue weighted by atomic mass is 19.1. The van der Waals surface area contributed by atoms with Crippen LogP contribution in [0, 0.1) is 11.9 Å². The van der Waals surface area contributed by atoms with Gasteiger partial charge in [0.05, 0.1) is 17.6 Å². The zero-order valence-corrected chi connectivity index (χ0v) is 20.4. The molecule has 1 aromatic heterocycles. The van der Waals surface area contributed by atoms with E-state index in [0.29, 0.717) is 23.7 Å². The van der Waals surface area contributed by atoms with Gasteiger partial charge in [-0.05, 0) is 55.9 Å². The van der Waals surface area contributed by atoms with Crippen LogP contribution >= 0.6 is 0 Å². The van der Waals surface area contributed by atoms with Gasteiger partial charge in [0.15, 0.2) is 0 Å². The van der Waals surface area contributed by atoms with Crippen molar-refractivity contribution in [3.05, 3.63) is 47.7 Å². The van der Waals surface area contributed by atoms with E-state index in [-0.39, 0.29) is 0 Å². The first kappa shape index (κ1) is 24.9. The molecule has 2 aromatic rings. The second kappa shape index (κ2) is 13.7. The van der Waals surface area contributed by atoms with Gasteiger partial charge in [-0.15, -0.1) is 0 Å². The number of hydrogen-bond acceptors (Lipinski definition) is 2. The van der Waals surface area contributed by atoms with Crippen molar-refractivity contribution in [1.29, 1.82) is 0 Å². The van der Waals surface area contributed by atoms with Crippen molar-refractivity contribution < 1.29 is 4.39 Å². The van der Waals surface area contributed by atoms with Gasteiger partial charge in [-0.3, -0.25) is 4.98 Å². The zero-order valence-electron chi connectivity index (χ0n) is 20.4. The Morgan fingerprint density at radius 2 is 1.47 bits per heavy atom. The summed E-state index contributed by atoms with van der Waals surface area (Å²) in [6.45, 7) is 4.51. The summed E-state index contributed by atoms with van der Waals surface area (Å²) < 4.78 is 14.5. The van der Waals surface area contributed by atoms with Gasteiger partial charge < -0.3 is 0 Å². The van der Waals surface area contributed by atoms with E-state index in [2.05, 4.69) is 48.1 Å². The van der Waals surface area contributed by atoms with Crippen molar-refractivity contribution in [3.63, 3.8) is 0 Å². The second-order valence-corrected chi connectivity index (χ2v) is 9.85. The number of rotatable bonds is 13. The standard InChI is InChI=1S/C29H43FN2/c1-3-5-7-8-9-11-13-27-29(30)32-28(22-31-27)26-20-18-25(19-21-26)24-16-14-23(15-17-24)12-10-6-4-2/h18-24H,3-17H2,1-2H3. The molecule has 0 saturated heterocycles. The maximum atomic E-state index is 14.5. The molecule has 1 heterocycles. The molecule has 1 fully saturated rings. The molecule has 1 aromatic carbocycles. The van der Waals surface area contributed by atoms with Crippen molar-refractivity contribution in [1.82, 2.24) is 9.97 Å². The summed E-state index contributed by atoms with van der Waals surface area (Å²) in [4.78, 5) is 8.63. The van der Waals surface area contributed by atoms with Crippen LogP contribution in [0.25, 0.3) is 11.3 Å². The van der Waals surface area contributed by atoms with E-state index in [0.717, 1.165) is 24.3 Å². The fourth-order valence-electron chi connectivity index (χ4n) is 5.16. The van der Waals surface area contributed by atoms with Crippen molar-refractivity contribution in [3.8, 4) is 11.3 Å². The largest absolute Gasteiger partial charge is 0.254 e. The van der Waals surface area contributed by atoms with Gasteiger partial charge in [0.25, 0.3) is 0 Å². The Hall–Kier alpha value is -1.77. The van der Waals surface area contributed by atoms with Gasteiger partial charge >= 0.3 is 0 Å². The predicted octanol–water partition coefficient (Wildman–Crippen LogP) is 9.04. The van der Waals surface area contributed by atoms with Gasteiger partial charge in [-0.25, -0.2) is 4.98 Å². The highest BCUT2D eigenvalue weighted by Gasteiger charge is 2.22. The number of aryl methyl sites for hydroxylation is 1. The van der Waals surface area contributed by atoms with Crippen LogP contribution < -0.4 is 0 Å². The molecule has 0 unspecified atom stereocenters. The number of nitrogens with zero attached hydrogens (tertiary/aromatic N) is 2. The van der Waals surface area contributed by atoms with Crippen LogP contribution in [-0.4, -0.2) is 9.97 Å². The number of halogens is 1. The Morgan fingerprint density at radius 1 is 0.812 bits per heavy atom. The third-order valence-corrected chi connectivity index (χ3v) is 7.31. The normalized spacial score (nSPS) is 18.7. The van der Waals surface area contributed by atoms with Gasteiger partial charge in [0.2, 0.25) is 5.95 Å². The smallest absolute Gasteiger partial charge is 0.235 e. The average Bonchev–Trinajstić information content (AvgIpc) is 2.83. The maximum Gasteiger partial charge on any atom is 0.235 e. The highest BCUT2D eigenvalue weighted by molar-refractivity contribution is 5.58. The molecular weight excluding hydrogens is 395 g/mol. The van der Waals surface area contributed by atoms with Crippen molar-refractivity contribution in [2.45, 2.75) is 116 Å². The minimum atomic E-state index is -0.401. The Labute approximate surface area is 195 Å². The molecule has 3 rings (SSSR count). The molecule has 3 heteroatoms. The van der Waals surface area contributed by atoms with Crippen LogP contribution in [0.2, 0.25) is 0 Å². The third kappa shape index (κ3) is 7.67. The molecule has 0 radical (unpaired) electrons. The fraction of sp³-hybridized carbons (Fsp3) is 0.655. The minimum absolute atomic E-state index is 0.401. The monoisotopic (exact) mass is 438 g/mol. The lowest BCUT2D eigenvalue weighted by Crippen LogP contribution is -2.13. The number of unbranched alkanes of at least 4 members (excludes halogenated alkanes) is 7. The summed E-state index contributed by atoms with van der Waals surface area (Å²) in [7, 11) is 0. The average molecular weight is 439 g/mol. The molecule has 0 amide bonds. The Balaban J connectivity index is 1.49. The Bertz CT molecular complexity index is 778. The van der Waals surface area contributed by atoms with Crippen molar-refractivity contribution in [2.24, 2.45) is 5.92 Å². The van der Waals surface area contributed by atoms with E-state index in [1.54, 1.807) is 6.20 Å². The summed E-state index contributed by atoms with van der Waals surface area (Å²) in [6, 6.07) is 8.64.